The normalized spacial score (nSPS) is 9.76. The van der Waals surface area contributed by atoms with Crippen molar-refractivity contribution in [1.29, 1.82) is 5.26 Å². The number of rotatable bonds is 4. The molecule has 0 unspecified atom stereocenters. The number of benzene rings is 2. The van der Waals surface area contributed by atoms with Crippen LogP contribution in [0.1, 0.15) is 11.1 Å². The third kappa shape index (κ3) is 4.33. The molecule has 0 bridgehead atoms. The predicted molar refractivity (Wildman–Crippen MR) is 84.2 cm³/mol. The van der Waals surface area contributed by atoms with Crippen LogP contribution >= 0.6 is 15.9 Å². The van der Waals surface area contributed by atoms with Crippen molar-refractivity contribution in [3.05, 3.63) is 58.1 Å². The summed E-state index contributed by atoms with van der Waals surface area (Å²) in [7, 11) is 0. The Hall–Kier alpha value is -2.32. The molecule has 0 aliphatic heterocycles. The number of halogens is 1. The van der Waals surface area contributed by atoms with E-state index < -0.39 is 0 Å². The second-order valence-corrected chi connectivity index (χ2v) is 5.29. The molecule has 5 heteroatoms. The molecule has 1 amide bonds. The summed E-state index contributed by atoms with van der Waals surface area (Å²) in [6, 6.07) is 14.3. The molecule has 0 atom stereocenters. The maximum atomic E-state index is 11.8. The maximum absolute atomic E-state index is 11.8. The molecule has 0 heterocycles. The lowest BCUT2D eigenvalue weighted by molar-refractivity contribution is -0.118. The minimum Gasteiger partial charge on any atom is -0.484 e. The van der Waals surface area contributed by atoms with Crippen molar-refractivity contribution in [2.24, 2.45) is 0 Å². The van der Waals surface area contributed by atoms with Gasteiger partial charge in [0.15, 0.2) is 6.61 Å². The van der Waals surface area contributed by atoms with Gasteiger partial charge >= 0.3 is 0 Å². The minimum absolute atomic E-state index is 0.107. The Morgan fingerprint density at radius 3 is 2.86 bits per heavy atom. The van der Waals surface area contributed by atoms with Crippen LogP contribution in [-0.4, -0.2) is 12.5 Å². The molecule has 106 valence electrons. The molecule has 0 saturated heterocycles. The third-order valence-electron chi connectivity index (χ3n) is 2.77. The molecule has 0 aliphatic rings. The van der Waals surface area contributed by atoms with Crippen molar-refractivity contribution in [3.8, 4) is 11.8 Å². The molecule has 0 fully saturated rings. The highest BCUT2D eigenvalue weighted by Gasteiger charge is 2.05. The van der Waals surface area contributed by atoms with E-state index in [1.807, 2.05) is 31.2 Å². The van der Waals surface area contributed by atoms with Crippen LogP contribution in [0.25, 0.3) is 0 Å². The number of nitrogens with zero attached hydrogens (tertiary/aromatic N) is 1. The Morgan fingerprint density at radius 1 is 1.33 bits per heavy atom. The standard InChI is InChI=1S/C16H13BrN2O2/c1-11-7-13(5-6-15(11)17)19-16(20)10-21-14-4-2-3-12(8-14)9-18/h2-8H,10H2,1H3,(H,19,20). The maximum Gasteiger partial charge on any atom is 0.262 e. The zero-order valence-corrected chi connectivity index (χ0v) is 13.0. The van der Waals surface area contributed by atoms with Gasteiger partial charge in [-0.3, -0.25) is 4.79 Å². The number of nitriles is 1. The van der Waals surface area contributed by atoms with E-state index in [9.17, 15) is 4.79 Å². The van der Waals surface area contributed by atoms with E-state index in [0.29, 0.717) is 11.3 Å². The van der Waals surface area contributed by atoms with Gasteiger partial charge in [-0.05, 0) is 48.9 Å². The molecule has 0 saturated carbocycles. The van der Waals surface area contributed by atoms with E-state index in [2.05, 4.69) is 21.2 Å². The van der Waals surface area contributed by atoms with Gasteiger partial charge in [-0.15, -0.1) is 0 Å². The molecule has 0 radical (unpaired) electrons. The van der Waals surface area contributed by atoms with Crippen molar-refractivity contribution in [3.63, 3.8) is 0 Å². The summed E-state index contributed by atoms with van der Waals surface area (Å²) in [5.74, 6) is 0.246. The van der Waals surface area contributed by atoms with Crippen molar-refractivity contribution in [2.75, 3.05) is 11.9 Å². The number of nitrogens with one attached hydrogen (secondary N) is 1. The van der Waals surface area contributed by atoms with Crippen LogP contribution in [0, 0.1) is 18.3 Å². The van der Waals surface area contributed by atoms with Gasteiger partial charge in [-0.1, -0.05) is 22.0 Å². The van der Waals surface area contributed by atoms with Crippen LogP contribution in [0.2, 0.25) is 0 Å². The van der Waals surface area contributed by atoms with E-state index in [4.69, 9.17) is 10.00 Å². The number of hydrogen-bond acceptors (Lipinski definition) is 3. The molecule has 2 aromatic rings. The summed E-state index contributed by atoms with van der Waals surface area (Å²) in [6.07, 6.45) is 0. The van der Waals surface area contributed by atoms with Crippen LogP contribution < -0.4 is 10.1 Å². The monoisotopic (exact) mass is 344 g/mol. The van der Waals surface area contributed by atoms with Crippen LogP contribution in [0.3, 0.4) is 0 Å². The summed E-state index contributed by atoms with van der Waals surface area (Å²) in [4.78, 5) is 11.8. The van der Waals surface area contributed by atoms with Crippen molar-refractivity contribution in [2.45, 2.75) is 6.92 Å². The Balaban J connectivity index is 1.92. The fraction of sp³-hybridized carbons (Fsp3) is 0.125. The second-order valence-electron chi connectivity index (χ2n) is 4.44. The molecular formula is C16H13BrN2O2. The first-order chi connectivity index (χ1) is 10.1. The minimum atomic E-state index is -0.251. The topological polar surface area (TPSA) is 62.1 Å². The number of ether oxygens (including phenoxy) is 1. The van der Waals surface area contributed by atoms with Gasteiger partial charge in [0.25, 0.3) is 5.91 Å². The van der Waals surface area contributed by atoms with Crippen LogP contribution in [0.15, 0.2) is 46.9 Å². The molecule has 1 N–H and O–H groups in total. The van der Waals surface area contributed by atoms with Crippen LogP contribution in [0.5, 0.6) is 5.75 Å². The largest absolute Gasteiger partial charge is 0.484 e. The van der Waals surface area contributed by atoms with Crippen molar-refractivity contribution >= 4 is 27.5 Å². The SMILES string of the molecule is Cc1cc(NC(=O)COc2cccc(C#N)c2)ccc1Br. The Morgan fingerprint density at radius 2 is 2.14 bits per heavy atom. The lowest BCUT2D eigenvalue weighted by Gasteiger charge is -2.09. The van der Waals surface area contributed by atoms with E-state index in [1.165, 1.54) is 0 Å². The second kappa shape index (κ2) is 6.91. The van der Waals surface area contributed by atoms with Crippen molar-refractivity contribution < 1.29 is 9.53 Å². The fourth-order valence-electron chi connectivity index (χ4n) is 1.72. The molecular weight excluding hydrogens is 332 g/mol. The zero-order valence-electron chi connectivity index (χ0n) is 11.4. The smallest absolute Gasteiger partial charge is 0.262 e. The van der Waals surface area contributed by atoms with Gasteiger partial charge in [0.05, 0.1) is 11.6 Å². The van der Waals surface area contributed by atoms with Gasteiger partial charge in [-0.2, -0.15) is 5.26 Å². The van der Waals surface area contributed by atoms with E-state index >= 15 is 0 Å². The summed E-state index contributed by atoms with van der Waals surface area (Å²) in [6.45, 7) is 1.84. The lowest BCUT2D eigenvalue weighted by Crippen LogP contribution is -2.20. The number of amides is 1. The Kier molecular flexibility index (Phi) is 4.96. The Bertz CT molecular complexity index is 708. The van der Waals surface area contributed by atoms with Crippen LogP contribution in [0.4, 0.5) is 5.69 Å². The fourth-order valence-corrected chi connectivity index (χ4v) is 1.97. The number of hydrogen-bond donors (Lipinski definition) is 1. The summed E-state index contributed by atoms with van der Waals surface area (Å²) < 4.78 is 6.35. The quantitative estimate of drug-likeness (QED) is 0.920. The van der Waals surface area contributed by atoms with E-state index in [-0.39, 0.29) is 12.5 Å². The van der Waals surface area contributed by atoms with E-state index in [0.717, 1.165) is 15.7 Å². The summed E-state index contributed by atoms with van der Waals surface area (Å²) in [5, 5.41) is 11.6. The highest BCUT2D eigenvalue weighted by Crippen LogP contribution is 2.20. The first-order valence-electron chi connectivity index (χ1n) is 6.27. The average molecular weight is 345 g/mol. The summed E-state index contributed by atoms with van der Waals surface area (Å²) >= 11 is 3.41. The highest BCUT2D eigenvalue weighted by atomic mass is 79.9. The molecule has 0 aromatic heterocycles. The summed E-state index contributed by atoms with van der Waals surface area (Å²) in [5.41, 5.74) is 2.25. The van der Waals surface area contributed by atoms with E-state index in [1.54, 1.807) is 24.3 Å². The van der Waals surface area contributed by atoms with Gasteiger partial charge in [-0.25, -0.2) is 0 Å². The molecule has 0 aliphatic carbocycles. The van der Waals surface area contributed by atoms with Crippen molar-refractivity contribution in [1.82, 2.24) is 0 Å². The molecule has 21 heavy (non-hydrogen) atoms. The number of carbonyl (C=O) groups is 1. The first-order valence-corrected chi connectivity index (χ1v) is 7.07. The average Bonchev–Trinajstić information content (AvgIpc) is 2.49. The van der Waals surface area contributed by atoms with Gasteiger partial charge in [0.1, 0.15) is 5.75 Å². The predicted octanol–water partition coefficient (Wildman–Crippen LogP) is 3.65. The van der Waals surface area contributed by atoms with Gasteiger partial charge in [0, 0.05) is 10.2 Å². The number of aryl methyl sites for hydroxylation is 1. The lowest BCUT2D eigenvalue weighted by atomic mass is 10.2. The molecule has 2 rings (SSSR count). The number of carbonyl (C=O) groups excluding carboxylic acids is 1. The Labute approximate surface area is 131 Å². The highest BCUT2D eigenvalue weighted by molar-refractivity contribution is 9.10. The molecule has 4 nitrogen and oxygen atoms in total. The van der Waals surface area contributed by atoms with Gasteiger partial charge < -0.3 is 10.1 Å². The number of anilines is 1. The first kappa shape index (κ1) is 15.1. The molecule has 2 aromatic carbocycles. The zero-order chi connectivity index (χ0) is 15.2. The van der Waals surface area contributed by atoms with Gasteiger partial charge in [0.2, 0.25) is 0 Å². The molecule has 0 spiro atoms. The third-order valence-corrected chi connectivity index (χ3v) is 3.66. The van der Waals surface area contributed by atoms with Crippen LogP contribution in [-0.2, 0) is 4.79 Å².